The van der Waals surface area contributed by atoms with Crippen LogP contribution in [-0.2, 0) is 11.3 Å². The van der Waals surface area contributed by atoms with Crippen LogP contribution in [0.25, 0.3) is 0 Å². The Labute approximate surface area is 125 Å². The van der Waals surface area contributed by atoms with Gasteiger partial charge >= 0.3 is 0 Å². The Morgan fingerprint density at radius 1 is 1.29 bits per heavy atom. The molecule has 3 aliphatic rings. The van der Waals surface area contributed by atoms with Crippen molar-refractivity contribution in [2.24, 2.45) is 11.8 Å². The Hall–Kier alpha value is -1.49. The lowest BCUT2D eigenvalue weighted by Crippen LogP contribution is -2.40. The number of aromatic nitrogens is 2. The van der Waals surface area contributed by atoms with E-state index in [4.69, 9.17) is 0 Å². The number of amides is 1. The Balaban J connectivity index is 1.47. The minimum absolute atomic E-state index is 0.219. The third-order valence-corrected chi connectivity index (χ3v) is 4.85. The maximum atomic E-state index is 12.9. The standard InChI is InChI=1S/C16H22N4O/c21-16(15-13-7-17-10-19-14(13)8-18-15)20(9-12-3-4-12)6-5-11-1-2-11/h7,10-12,15,18H,1-6,8-9H2. The summed E-state index contributed by atoms with van der Waals surface area (Å²) in [6.07, 6.45) is 9.79. The fourth-order valence-electron chi connectivity index (χ4n) is 3.11. The molecule has 5 heteroatoms. The zero-order valence-corrected chi connectivity index (χ0v) is 12.3. The van der Waals surface area contributed by atoms with Crippen LogP contribution in [0.4, 0.5) is 0 Å². The summed E-state index contributed by atoms with van der Waals surface area (Å²) in [5.74, 6) is 1.82. The molecule has 1 aromatic rings. The number of hydrogen-bond acceptors (Lipinski definition) is 4. The Kier molecular flexibility index (Phi) is 3.37. The molecule has 2 saturated carbocycles. The monoisotopic (exact) mass is 286 g/mol. The van der Waals surface area contributed by atoms with Crippen molar-refractivity contribution < 1.29 is 4.79 Å². The van der Waals surface area contributed by atoms with Gasteiger partial charge in [0.05, 0.1) is 5.69 Å². The predicted molar refractivity (Wildman–Crippen MR) is 78.3 cm³/mol. The third-order valence-electron chi connectivity index (χ3n) is 4.85. The smallest absolute Gasteiger partial charge is 0.244 e. The first-order chi connectivity index (χ1) is 10.3. The summed E-state index contributed by atoms with van der Waals surface area (Å²) in [5, 5.41) is 3.31. The molecule has 4 rings (SSSR count). The molecule has 112 valence electrons. The molecule has 0 bridgehead atoms. The van der Waals surface area contributed by atoms with Gasteiger partial charge < -0.3 is 4.90 Å². The fraction of sp³-hybridized carbons (Fsp3) is 0.688. The van der Waals surface area contributed by atoms with E-state index in [1.165, 1.54) is 32.1 Å². The van der Waals surface area contributed by atoms with Gasteiger partial charge in [0.25, 0.3) is 0 Å². The molecule has 1 amide bonds. The van der Waals surface area contributed by atoms with E-state index in [0.29, 0.717) is 6.54 Å². The summed E-state index contributed by atoms with van der Waals surface area (Å²) >= 11 is 0. The van der Waals surface area contributed by atoms with Crippen LogP contribution in [0.5, 0.6) is 0 Å². The molecular formula is C16H22N4O. The van der Waals surface area contributed by atoms with Gasteiger partial charge in [0.15, 0.2) is 0 Å². The lowest BCUT2D eigenvalue weighted by Gasteiger charge is -2.26. The summed E-state index contributed by atoms with van der Waals surface area (Å²) in [6, 6.07) is -0.237. The van der Waals surface area contributed by atoms with E-state index < -0.39 is 0 Å². The van der Waals surface area contributed by atoms with Crippen LogP contribution in [-0.4, -0.2) is 33.9 Å². The van der Waals surface area contributed by atoms with Crippen molar-refractivity contribution in [3.8, 4) is 0 Å². The molecule has 5 nitrogen and oxygen atoms in total. The van der Waals surface area contributed by atoms with Gasteiger partial charge in [-0.15, -0.1) is 0 Å². The number of rotatable bonds is 6. The topological polar surface area (TPSA) is 58.1 Å². The van der Waals surface area contributed by atoms with E-state index in [2.05, 4.69) is 20.2 Å². The van der Waals surface area contributed by atoms with Crippen LogP contribution >= 0.6 is 0 Å². The summed E-state index contributed by atoms with van der Waals surface area (Å²) in [5.41, 5.74) is 1.94. The number of nitrogens with zero attached hydrogens (tertiary/aromatic N) is 3. The predicted octanol–water partition coefficient (Wildman–Crippen LogP) is 1.66. The molecule has 21 heavy (non-hydrogen) atoms. The highest BCUT2D eigenvalue weighted by molar-refractivity contribution is 5.84. The van der Waals surface area contributed by atoms with Crippen LogP contribution in [0.1, 0.15) is 49.4 Å². The van der Waals surface area contributed by atoms with Crippen molar-refractivity contribution in [1.82, 2.24) is 20.2 Å². The van der Waals surface area contributed by atoms with Crippen LogP contribution in [0.3, 0.4) is 0 Å². The minimum Gasteiger partial charge on any atom is -0.341 e. The number of nitrogens with one attached hydrogen (secondary N) is 1. The molecule has 0 saturated heterocycles. The van der Waals surface area contributed by atoms with Crippen molar-refractivity contribution in [2.45, 2.75) is 44.7 Å². The van der Waals surface area contributed by atoms with Gasteiger partial charge in [0.2, 0.25) is 5.91 Å². The van der Waals surface area contributed by atoms with Crippen molar-refractivity contribution in [1.29, 1.82) is 0 Å². The third kappa shape index (κ3) is 2.93. The summed E-state index contributed by atoms with van der Waals surface area (Å²) in [4.78, 5) is 23.4. The van der Waals surface area contributed by atoms with E-state index >= 15 is 0 Å². The molecule has 1 unspecified atom stereocenters. The Morgan fingerprint density at radius 3 is 2.86 bits per heavy atom. The first-order valence-corrected chi connectivity index (χ1v) is 8.12. The second-order valence-electron chi connectivity index (χ2n) is 6.70. The zero-order valence-electron chi connectivity index (χ0n) is 12.3. The summed E-state index contributed by atoms with van der Waals surface area (Å²) in [6.45, 7) is 2.53. The highest BCUT2D eigenvalue weighted by Gasteiger charge is 2.35. The van der Waals surface area contributed by atoms with Crippen molar-refractivity contribution in [2.75, 3.05) is 13.1 Å². The number of hydrogen-bond donors (Lipinski definition) is 1. The summed E-state index contributed by atoms with van der Waals surface area (Å²) < 4.78 is 0. The average Bonchev–Trinajstić information content (AvgIpc) is 3.42. The minimum atomic E-state index is -0.237. The van der Waals surface area contributed by atoms with E-state index in [-0.39, 0.29) is 11.9 Å². The van der Waals surface area contributed by atoms with Crippen molar-refractivity contribution in [3.05, 3.63) is 23.8 Å². The first-order valence-electron chi connectivity index (χ1n) is 8.12. The van der Waals surface area contributed by atoms with Crippen molar-refractivity contribution >= 4 is 5.91 Å². The number of carbonyl (C=O) groups is 1. The second-order valence-corrected chi connectivity index (χ2v) is 6.70. The fourth-order valence-corrected chi connectivity index (χ4v) is 3.11. The summed E-state index contributed by atoms with van der Waals surface area (Å²) in [7, 11) is 0. The van der Waals surface area contributed by atoms with E-state index in [1.54, 1.807) is 12.5 Å². The molecule has 2 heterocycles. The van der Waals surface area contributed by atoms with Gasteiger partial charge in [0, 0.05) is 31.4 Å². The molecule has 1 aliphatic heterocycles. The SMILES string of the molecule is O=C(C1NCc2ncncc21)N(CCC1CC1)CC1CC1. The Bertz CT molecular complexity index is 539. The maximum absolute atomic E-state index is 12.9. The average molecular weight is 286 g/mol. The molecule has 1 aromatic heterocycles. The zero-order chi connectivity index (χ0) is 14.2. The number of carbonyl (C=O) groups excluding carboxylic acids is 1. The van der Waals surface area contributed by atoms with E-state index in [9.17, 15) is 4.79 Å². The molecule has 0 aromatic carbocycles. The normalized spacial score (nSPS) is 23.9. The van der Waals surface area contributed by atoms with Gasteiger partial charge in [-0.1, -0.05) is 12.8 Å². The maximum Gasteiger partial charge on any atom is 0.244 e. The van der Waals surface area contributed by atoms with Crippen molar-refractivity contribution in [3.63, 3.8) is 0 Å². The molecular weight excluding hydrogens is 264 g/mol. The van der Waals surface area contributed by atoms with Crippen LogP contribution in [0.15, 0.2) is 12.5 Å². The van der Waals surface area contributed by atoms with Gasteiger partial charge in [-0.2, -0.15) is 0 Å². The quantitative estimate of drug-likeness (QED) is 0.864. The Morgan fingerprint density at radius 2 is 2.10 bits per heavy atom. The van der Waals surface area contributed by atoms with Crippen LogP contribution in [0, 0.1) is 11.8 Å². The lowest BCUT2D eigenvalue weighted by molar-refractivity contribution is -0.133. The largest absolute Gasteiger partial charge is 0.341 e. The molecule has 0 spiro atoms. The first kappa shape index (κ1) is 13.2. The van der Waals surface area contributed by atoms with Crippen LogP contribution in [0.2, 0.25) is 0 Å². The molecule has 0 radical (unpaired) electrons. The van der Waals surface area contributed by atoms with E-state index in [1.807, 2.05) is 0 Å². The molecule has 1 atom stereocenters. The van der Waals surface area contributed by atoms with E-state index in [0.717, 1.165) is 36.2 Å². The molecule has 1 N–H and O–H groups in total. The lowest BCUT2D eigenvalue weighted by atomic mass is 10.1. The highest BCUT2D eigenvalue weighted by atomic mass is 16.2. The second kappa shape index (κ2) is 5.37. The van der Waals surface area contributed by atoms with Gasteiger partial charge in [-0.25, -0.2) is 9.97 Å². The molecule has 2 fully saturated rings. The van der Waals surface area contributed by atoms with Gasteiger partial charge in [-0.3, -0.25) is 10.1 Å². The van der Waals surface area contributed by atoms with Gasteiger partial charge in [-0.05, 0) is 31.1 Å². The van der Waals surface area contributed by atoms with Gasteiger partial charge in [0.1, 0.15) is 12.4 Å². The number of fused-ring (bicyclic) bond motifs is 1. The highest BCUT2D eigenvalue weighted by Crippen LogP contribution is 2.35. The molecule has 2 aliphatic carbocycles. The van der Waals surface area contributed by atoms with Crippen LogP contribution < -0.4 is 5.32 Å².